The van der Waals surface area contributed by atoms with Gasteiger partial charge in [-0.3, -0.25) is 4.79 Å². The van der Waals surface area contributed by atoms with Gasteiger partial charge in [-0.2, -0.15) is 0 Å². The van der Waals surface area contributed by atoms with Crippen molar-refractivity contribution >= 4 is 17.3 Å². The van der Waals surface area contributed by atoms with Gasteiger partial charge in [-0.05, 0) is 36.6 Å². The highest BCUT2D eigenvalue weighted by Gasteiger charge is 2.17. The summed E-state index contributed by atoms with van der Waals surface area (Å²) in [6, 6.07) is 13.8. The van der Waals surface area contributed by atoms with Crippen LogP contribution in [0.15, 0.2) is 42.5 Å². The standard InChI is InChI=1S/C20H24N2O3/c1-24-18-10-9-16(14-19(18)25-2)21-20(23)11-13-22-12-5-7-15-6-3-4-8-17(15)22/h3-4,6,8-10,14H,5,7,11-13H2,1-2H3,(H,21,23). The summed E-state index contributed by atoms with van der Waals surface area (Å²) in [5.74, 6) is 1.24. The number of rotatable bonds is 6. The molecule has 0 fully saturated rings. The molecule has 0 saturated heterocycles. The van der Waals surface area contributed by atoms with Crippen molar-refractivity contribution in [2.45, 2.75) is 19.3 Å². The van der Waals surface area contributed by atoms with Crippen LogP contribution in [0.3, 0.4) is 0 Å². The zero-order valence-corrected chi connectivity index (χ0v) is 14.7. The van der Waals surface area contributed by atoms with Crippen LogP contribution in [0, 0.1) is 0 Å². The summed E-state index contributed by atoms with van der Waals surface area (Å²) in [6.45, 7) is 1.72. The fraction of sp³-hybridized carbons (Fsp3) is 0.350. The average molecular weight is 340 g/mol. The van der Waals surface area contributed by atoms with Gasteiger partial charge >= 0.3 is 0 Å². The van der Waals surface area contributed by atoms with E-state index in [0.717, 1.165) is 25.9 Å². The Kier molecular flexibility index (Phi) is 5.43. The zero-order valence-electron chi connectivity index (χ0n) is 14.7. The molecule has 0 radical (unpaired) electrons. The van der Waals surface area contributed by atoms with Crippen LogP contribution in [0.2, 0.25) is 0 Å². The molecule has 1 amide bonds. The molecule has 2 aromatic carbocycles. The highest BCUT2D eigenvalue weighted by atomic mass is 16.5. The van der Waals surface area contributed by atoms with Crippen molar-refractivity contribution in [2.75, 3.05) is 37.5 Å². The third-order valence-electron chi connectivity index (χ3n) is 4.48. The van der Waals surface area contributed by atoms with Crippen LogP contribution in [-0.2, 0) is 11.2 Å². The lowest BCUT2D eigenvalue weighted by atomic mass is 10.0. The first kappa shape index (κ1) is 17.1. The smallest absolute Gasteiger partial charge is 0.226 e. The molecule has 0 aromatic heterocycles. The maximum absolute atomic E-state index is 12.3. The molecule has 1 heterocycles. The molecular weight excluding hydrogens is 316 g/mol. The van der Waals surface area contributed by atoms with Crippen molar-refractivity contribution in [3.8, 4) is 11.5 Å². The molecule has 3 rings (SSSR count). The van der Waals surface area contributed by atoms with Gasteiger partial charge in [0.2, 0.25) is 5.91 Å². The van der Waals surface area contributed by atoms with Gasteiger partial charge in [-0.1, -0.05) is 18.2 Å². The number of anilines is 2. The van der Waals surface area contributed by atoms with Crippen LogP contribution >= 0.6 is 0 Å². The predicted octanol–water partition coefficient (Wildman–Crippen LogP) is 3.49. The van der Waals surface area contributed by atoms with E-state index >= 15 is 0 Å². The molecule has 5 nitrogen and oxygen atoms in total. The average Bonchev–Trinajstić information content (AvgIpc) is 2.66. The maximum Gasteiger partial charge on any atom is 0.226 e. The number of fused-ring (bicyclic) bond motifs is 1. The second-order valence-corrected chi connectivity index (χ2v) is 6.09. The summed E-state index contributed by atoms with van der Waals surface area (Å²) in [5, 5.41) is 2.93. The van der Waals surface area contributed by atoms with Gasteiger partial charge in [0, 0.05) is 37.0 Å². The number of nitrogens with zero attached hydrogens (tertiary/aromatic N) is 1. The zero-order chi connectivity index (χ0) is 17.6. The second-order valence-electron chi connectivity index (χ2n) is 6.09. The van der Waals surface area contributed by atoms with Gasteiger partial charge in [0.05, 0.1) is 14.2 Å². The topological polar surface area (TPSA) is 50.8 Å². The molecule has 0 unspecified atom stereocenters. The van der Waals surface area contributed by atoms with Crippen molar-refractivity contribution in [2.24, 2.45) is 0 Å². The number of aryl methyl sites for hydroxylation is 1. The molecule has 1 aliphatic rings. The Bertz CT molecular complexity index is 745. The van der Waals surface area contributed by atoms with Crippen LogP contribution in [0.5, 0.6) is 11.5 Å². The third kappa shape index (κ3) is 4.05. The monoisotopic (exact) mass is 340 g/mol. The number of nitrogens with one attached hydrogen (secondary N) is 1. The van der Waals surface area contributed by atoms with Crippen LogP contribution < -0.4 is 19.7 Å². The Labute approximate surface area is 148 Å². The molecule has 0 bridgehead atoms. The van der Waals surface area contributed by atoms with Crippen molar-refractivity contribution in [3.05, 3.63) is 48.0 Å². The Balaban J connectivity index is 1.59. The first-order chi connectivity index (χ1) is 12.2. The first-order valence-electron chi connectivity index (χ1n) is 8.56. The van der Waals surface area contributed by atoms with Gasteiger partial charge in [0.25, 0.3) is 0 Å². The summed E-state index contributed by atoms with van der Waals surface area (Å²) in [5.41, 5.74) is 3.34. The van der Waals surface area contributed by atoms with Crippen molar-refractivity contribution in [3.63, 3.8) is 0 Å². The number of hydrogen-bond acceptors (Lipinski definition) is 4. The number of ether oxygens (including phenoxy) is 2. The summed E-state index contributed by atoms with van der Waals surface area (Å²) in [7, 11) is 3.17. The van der Waals surface area contributed by atoms with E-state index in [-0.39, 0.29) is 5.91 Å². The van der Waals surface area contributed by atoms with Crippen LogP contribution in [-0.4, -0.2) is 33.2 Å². The fourth-order valence-electron chi connectivity index (χ4n) is 3.22. The van der Waals surface area contributed by atoms with E-state index in [2.05, 4.69) is 34.5 Å². The molecule has 0 spiro atoms. The number of benzene rings is 2. The minimum Gasteiger partial charge on any atom is -0.493 e. The minimum absolute atomic E-state index is 0.00438. The molecule has 0 aliphatic carbocycles. The van der Waals surface area contributed by atoms with E-state index in [4.69, 9.17) is 9.47 Å². The normalized spacial score (nSPS) is 13.1. The van der Waals surface area contributed by atoms with Crippen molar-refractivity contribution < 1.29 is 14.3 Å². The van der Waals surface area contributed by atoms with Gasteiger partial charge in [-0.25, -0.2) is 0 Å². The minimum atomic E-state index is -0.00438. The lowest BCUT2D eigenvalue weighted by Crippen LogP contribution is -2.32. The van der Waals surface area contributed by atoms with Crippen LogP contribution in [0.1, 0.15) is 18.4 Å². The number of hydrogen-bond donors (Lipinski definition) is 1. The van der Waals surface area contributed by atoms with E-state index in [1.54, 1.807) is 26.4 Å². The Hall–Kier alpha value is -2.69. The van der Waals surface area contributed by atoms with Gasteiger partial charge in [0.15, 0.2) is 11.5 Å². The van der Waals surface area contributed by atoms with Crippen LogP contribution in [0.25, 0.3) is 0 Å². The molecule has 2 aromatic rings. The number of carbonyl (C=O) groups excluding carboxylic acids is 1. The maximum atomic E-state index is 12.3. The lowest BCUT2D eigenvalue weighted by Gasteiger charge is -2.31. The van der Waals surface area contributed by atoms with Crippen molar-refractivity contribution in [1.29, 1.82) is 0 Å². The summed E-state index contributed by atoms with van der Waals surface area (Å²) >= 11 is 0. The number of carbonyl (C=O) groups is 1. The number of amides is 1. The Morgan fingerprint density at radius 1 is 1.12 bits per heavy atom. The molecule has 5 heteroatoms. The number of para-hydroxylation sites is 1. The fourth-order valence-corrected chi connectivity index (χ4v) is 3.22. The third-order valence-corrected chi connectivity index (χ3v) is 4.48. The number of methoxy groups -OCH3 is 2. The predicted molar refractivity (Wildman–Crippen MR) is 99.8 cm³/mol. The van der Waals surface area contributed by atoms with Gasteiger partial charge in [0.1, 0.15) is 0 Å². The molecule has 1 aliphatic heterocycles. The second kappa shape index (κ2) is 7.92. The Morgan fingerprint density at radius 2 is 1.92 bits per heavy atom. The molecule has 1 N–H and O–H groups in total. The quantitative estimate of drug-likeness (QED) is 0.875. The summed E-state index contributed by atoms with van der Waals surface area (Å²) in [6.07, 6.45) is 2.70. The molecule has 132 valence electrons. The van der Waals surface area contributed by atoms with E-state index < -0.39 is 0 Å². The highest BCUT2D eigenvalue weighted by Crippen LogP contribution is 2.30. The summed E-state index contributed by atoms with van der Waals surface area (Å²) < 4.78 is 10.5. The van der Waals surface area contributed by atoms with E-state index in [0.29, 0.717) is 23.6 Å². The lowest BCUT2D eigenvalue weighted by molar-refractivity contribution is -0.116. The highest BCUT2D eigenvalue weighted by molar-refractivity contribution is 5.91. The Morgan fingerprint density at radius 3 is 2.72 bits per heavy atom. The molecule has 25 heavy (non-hydrogen) atoms. The van der Waals surface area contributed by atoms with Gasteiger partial charge < -0.3 is 19.7 Å². The van der Waals surface area contributed by atoms with Crippen LogP contribution in [0.4, 0.5) is 11.4 Å². The molecular formula is C20H24N2O3. The molecule has 0 atom stereocenters. The summed E-state index contributed by atoms with van der Waals surface area (Å²) in [4.78, 5) is 14.6. The largest absolute Gasteiger partial charge is 0.493 e. The first-order valence-corrected chi connectivity index (χ1v) is 8.56. The SMILES string of the molecule is COc1ccc(NC(=O)CCN2CCCc3ccccc32)cc1OC. The van der Waals surface area contributed by atoms with E-state index in [9.17, 15) is 4.79 Å². The van der Waals surface area contributed by atoms with E-state index in [1.807, 2.05) is 6.07 Å². The van der Waals surface area contributed by atoms with Crippen molar-refractivity contribution in [1.82, 2.24) is 0 Å². The molecule has 0 saturated carbocycles. The van der Waals surface area contributed by atoms with Gasteiger partial charge in [-0.15, -0.1) is 0 Å². The van der Waals surface area contributed by atoms with E-state index in [1.165, 1.54) is 11.3 Å².